The largest absolute Gasteiger partial charge is 0.392 e. The van der Waals surface area contributed by atoms with Gasteiger partial charge in [0.25, 0.3) is 0 Å². The summed E-state index contributed by atoms with van der Waals surface area (Å²) >= 11 is 3.90. The van der Waals surface area contributed by atoms with Crippen LogP contribution < -0.4 is 0 Å². The van der Waals surface area contributed by atoms with Crippen molar-refractivity contribution in [3.63, 3.8) is 0 Å². The first kappa shape index (κ1) is 35.1. The van der Waals surface area contributed by atoms with Crippen LogP contribution in [0.1, 0.15) is 119 Å². The molecule has 3 nitrogen and oxygen atoms in total. The zero-order valence-corrected chi connectivity index (χ0v) is 23.9. The zero-order valence-electron chi connectivity index (χ0n) is 23.0. The van der Waals surface area contributed by atoms with Gasteiger partial charge < -0.3 is 10.2 Å². The van der Waals surface area contributed by atoms with Gasteiger partial charge in [-0.1, -0.05) is 80.6 Å². The molecule has 0 heterocycles. The molecule has 0 spiro atoms. The van der Waals surface area contributed by atoms with E-state index in [0.29, 0.717) is 0 Å². The fraction of sp³-hybridized carbons (Fsp3) is 0.700. The van der Waals surface area contributed by atoms with Crippen LogP contribution >= 0.6 is 12.6 Å². The Labute approximate surface area is 216 Å². The molecule has 0 amide bonds. The number of hydrogen-bond acceptors (Lipinski definition) is 3. The lowest BCUT2D eigenvalue weighted by molar-refractivity contribution is -0.114. The third kappa shape index (κ3) is 24.0. The molecule has 0 rings (SSSR count). The smallest absolute Gasteiger partial charge is 0.188 e. The lowest BCUT2D eigenvalue weighted by atomic mass is 9.97. The summed E-state index contributed by atoms with van der Waals surface area (Å²) in [5.41, 5.74) is 5.12. The van der Waals surface area contributed by atoms with Crippen LogP contribution in [0.3, 0.4) is 0 Å². The minimum atomic E-state index is 0.0805. The Balaban J connectivity index is 0. The molecule has 0 aliphatic carbocycles. The van der Waals surface area contributed by atoms with Crippen molar-refractivity contribution in [3.05, 3.63) is 46.6 Å². The molecular formula is C30H54O3S. The van der Waals surface area contributed by atoms with Crippen molar-refractivity contribution < 1.29 is 15.0 Å². The molecule has 0 aliphatic heterocycles. The van der Waals surface area contributed by atoms with Crippen LogP contribution in [0, 0.1) is 5.92 Å². The molecule has 0 atom stereocenters. The summed E-state index contributed by atoms with van der Waals surface area (Å²) in [5, 5.41) is 18.3. The predicted octanol–water partition coefficient (Wildman–Crippen LogP) is 8.54. The molecule has 34 heavy (non-hydrogen) atoms. The molecule has 0 aromatic heterocycles. The quantitative estimate of drug-likeness (QED) is 0.132. The monoisotopic (exact) mass is 494 g/mol. The molecule has 0 saturated carbocycles. The minimum absolute atomic E-state index is 0.0805. The summed E-state index contributed by atoms with van der Waals surface area (Å²) in [6.45, 7) is 13.0. The highest BCUT2D eigenvalue weighted by atomic mass is 32.1. The highest BCUT2D eigenvalue weighted by molar-refractivity contribution is 7.96. The van der Waals surface area contributed by atoms with Crippen molar-refractivity contribution in [3.8, 4) is 0 Å². The number of carbonyl (C=O) groups excluding carboxylic acids is 1. The van der Waals surface area contributed by atoms with Crippen LogP contribution in [0.5, 0.6) is 0 Å². The molecule has 0 fully saturated rings. The maximum absolute atomic E-state index is 11.0. The van der Waals surface area contributed by atoms with E-state index in [1.54, 1.807) is 0 Å². The lowest BCUT2D eigenvalue weighted by Crippen LogP contribution is -2.08. The number of aliphatic hydroxyl groups is 2. The number of unbranched alkanes of at least 4 members (excludes halogenated alkanes) is 2. The second kappa shape index (κ2) is 25.0. The van der Waals surface area contributed by atoms with E-state index in [2.05, 4.69) is 65.5 Å². The summed E-state index contributed by atoms with van der Waals surface area (Å²) in [7, 11) is 0. The Morgan fingerprint density at radius 1 is 0.765 bits per heavy atom. The van der Waals surface area contributed by atoms with Gasteiger partial charge in [-0.25, -0.2) is 0 Å². The van der Waals surface area contributed by atoms with Gasteiger partial charge in [0, 0.05) is 5.92 Å². The third-order valence-corrected chi connectivity index (χ3v) is 6.19. The Hall–Kier alpha value is -1.10. The van der Waals surface area contributed by atoms with Gasteiger partial charge in [-0.05, 0) is 84.6 Å². The van der Waals surface area contributed by atoms with Crippen LogP contribution in [-0.4, -0.2) is 28.5 Å². The van der Waals surface area contributed by atoms with Crippen molar-refractivity contribution in [2.45, 2.75) is 119 Å². The Kier molecular flexibility index (Phi) is 25.8. The van der Waals surface area contributed by atoms with Gasteiger partial charge in [0.2, 0.25) is 0 Å². The fourth-order valence-electron chi connectivity index (χ4n) is 3.49. The average Bonchev–Trinajstić information content (AvgIpc) is 2.78. The van der Waals surface area contributed by atoms with Crippen molar-refractivity contribution >= 4 is 17.7 Å². The van der Waals surface area contributed by atoms with Gasteiger partial charge >= 0.3 is 0 Å². The molecule has 0 unspecified atom stereocenters. The summed E-state index contributed by atoms with van der Waals surface area (Å²) in [4.78, 5) is 11.0. The van der Waals surface area contributed by atoms with E-state index in [0.717, 1.165) is 69.8 Å². The number of hydrogen-bond donors (Lipinski definition) is 3. The van der Waals surface area contributed by atoms with E-state index in [-0.39, 0.29) is 24.2 Å². The molecule has 198 valence electrons. The number of allylic oxidation sites excluding steroid dienone is 6. The van der Waals surface area contributed by atoms with Crippen LogP contribution in [0.2, 0.25) is 0 Å². The van der Waals surface area contributed by atoms with Gasteiger partial charge in [0.15, 0.2) is 5.12 Å². The van der Waals surface area contributed by atoms with Gasteiger partial charge in [0.1, 0.15) is 0 Å². The van der Waals surface area contributed by atoms with Gasteiger partial charge in [0.05, 0.1) is 13.2 Å². The number of rotatable bonds is 18. The summed E-state index contributed by atoms with van der Waals surface area (Å²) in [5.74, 6) is 0.216. The first-order valence-corrected chi connectivity index (χ1v) is 13.7. The van der Waals surface area contributed by atoms with Crippen molar-refractivity contribution in [1.29, 1.82) is 0 Å². The molecule has 2 N–H and O–H groups in total. The summed E-state index contributed by atoms with van der Waals surface area (Å²) < 4.78 is 0. The van der Waals surface area contributed by atoms with E-state index >= 15 is 0 Å². The second-order valence-corrected chi connectivity index (χ2v) is 9.96. The number of thiol groups is 1. The van der Waals surface area contributed by atoms with Crippen LogP contribution in [0.15, 0.2) is 46.6 Å². The Morgan fingerprint density at radius 2 is 1.26 bits per heavy atom. The van der Waals surface area contributed by atoms with Crippen molar-refractivity contribution in [2.75, 3.05) is 13.2 Å². The summed E-state index contributed by atoms with van der Waals surface area (Å²) in [6.07, 6.45) is 21.3. The first-order valence-electron chi connectivity index (χ1n) is 13.3. The Morgan fingerprint density at radius 3 is 1.71 bits per heavy atom. The van der Waals surface area contributed by atoms with Crippen LogP contribution in [0.4, 0.5) is 0 Å². The third-order valence-electron chi connectivity index (χ3n) is 5.83. The molecule has 0 aliphatic rings. The normalized spacial score (nSPS) is 12.5. The standard InChI is InChI=1S/C20H34O2.C10H20OS/c1-17(2)8-5-9-18(3)10-6-12-20(16-22)13-7-11-19(4)14-15-21;1-3-5-7-9(10(11)12)8-6-4-2/h8,10,13-14,21-22H,5-7,9,11-12,15-16H2,1-4H3;9H,3-8H2,1-2H3,(H,11,12). The molecule has 4 heteroatoms. The van der Waals surface area contributed by atoms with Gasteiger partial charge in [-0.3, -0.25) is 4.79 Å². The SMILES string of the molecule is CC(C)=CCCC(C)=CCCC(=CCCC(C)=CCO)CO.CCCCC(CCCC)C(=O)S. The highest BCUT2D eigenvalue weighted by Gasteiger charge is 2.13. The molecule has 0 bridgehead atoms. The second-order valence-electron chi connectivity index (χ2n) is 9.52. The predicted molar refractivity (Wildman–Crippen MR) is 153 cm³/mol. The van der Waals surface area contributed by atoms with E-state index < -0.39 is 0 Å². The van der Waals surface area contributed by atoms with Crippen LogP contribution in [-0.2, 0) is 4.79 Å². The highest BCUT2D eigenvalue weighted by Crippen LogP contribution is 2.18. The van der Waals surface area contributed by atoms with E-state index in [9.17, 15) is 9.90 Å². The maximum atomic E-state index is 11.0. The van der Waals surface area contributed by atoms with E-state index in [1.807, 2.05) is 13.0 Å². The molecule has 0 aromatic rings. The fourth-order valence-corrected chi connectivity index (χ4v) is 3.75. The molecule has 0 saturated heterocycles. The Bertz CT molecular complexity index is 617. The first-order chi connectivity index (χ1) is 16.2. The number of aliphatic hydroxyl groups excluding tert-OH is 2. The van der Waals surface area contributed by atoms with Gasteiger partial charge in [-0.2, -0.15) is 0 Å². The molecule has 0 radical (unpaired) electrons. The topological polar surface area (TPSA) is 57.5 Å². The van der Waals surface area contributed by atoms with Crippen molar-refractivity contribution in [1.82, 2.24) is 0 Å². The maximum Gasteiger partial charge on any atom is 0.188 e. The van der Waals surface area contributed by atoms with Crippen molar-refractivity contribution in [2.24, 2.45) is 5.92 Å². The van der Waals surface area contributed by atoms with E-state index in [1.165, 1.54) is 29.6 Å². The zero-order chi connectivity index (χ0) is 26.2. The lowest BCUT2D eigenvalue weighted by Gasteiger charge is -2.10. The van der Waals surface area contributed by atoms with Crippen LogP contribution in [0.25, 0.3) is 0 Å². The molecular weight excluding hydrogens is 440 g/mol. The van der Waals surface area contributed by atoms with Gasteiger partial charge in [-0.15, -0.1) is 12.6 Å². The minimum Gasteiger partial charge on any atom is -0.392 e. The average molecular weight is 495 g/mol. The van der Waals surface area contributed by atoms with E-state index in [4.69, 9.17) is 5.11 Å². The number of carbonyl (C=O) groups is 1. The molecule has 0 aromatic carbocycles. The summed E-state index contributed by atoms with van der Waals surface area (Å²) in [6, 6.07) is 0.